The minimum atomic E-state index is -0.456. The van der Waals surface area contributed by atoms with Crippen LogP contribution in [0.15, 0.2) is 70.4 Å². The zero-order chi connectivity index (χ0) is 25.1. The highest BCUT2D eigenvalue weighted by molar-refractivity contribution is 8.18. The van der Waals surface area contributed by atoms with Gasteiger partial charge in [-0.15, -0.1) is 0 Å². The molecule has 2 amide bonds. The van der Waals surface area contributed by atoms with Gasteiger partial charge >= 0.3 is 0 Å². The van der Waals surface area contributed by atoms with Crippen molar-refractivity contribution in [3.05, 3.63) is 87.4 Å². The summed E-state index contributed by atoms with van der Waals surface area (Å²) in [6, 6.07) is 18.6. The maximum Gasteiger partial charge on any atom is 0.290 e. The predicted molar refractivity (Wildman–Crippen MR) is 140 cm³/mol. The van der Waals surface area contributed by atoms with Crippen LogP contribution in [-0.2, 0) is 11.2 Å². The molecule has 180 valence electrons. The molecule has 0 radical (unpaired) electrons. The zero-order valence-corrected chi connectivity index (χ0v) is 20.0. The lowest BCUT2D eigenvalue weighted by molar-refractivity contribution is -0.115. The van der Waals surface area contributed by atoms with Crippen molar-refractivity contribution in [2.45, 2.75) is 6.42 Å². The van der Waals surface area contributed by atoms with Gasteiger partial charge in [0.25, 0.3) is 16.7 Å². The van der Waals surface area contributed by atoms with E-state index < -0.39 is 11.1 Å². The Hall–Kier alpha value is -4.51. The van der Waals surface area contributed by atoms with Crippen LogP contribution in [0.4, 0.5) is 22.2 Å². The first kappa shape index (κ1) is 23.2. The standard InChI is InChI=1S/C25H21N7O3S/c1-32(16-7-3-2-4-8-16)21-14-15(13-19-23(34)31-25(35)36-19)27-24(30-21)26-12-11-20-28-18-10-6-5-9-17(18)22(33)29-20/h2-10,13-14H,11-12H2,1H3,(H,26,27,30)(H,28,29,33)(H,31,34,35)/b19-13-. The van der Waals surface area contributed by atoms with Crippen LogP contribution in [0.5, 0.6) is 0 Å². The van der Waals surface area contributed by atoms with E-state index >= 15 is 0 Å². The lowest BCUT2D eigenvalue weighted by atomic mass is 10.2. The number of anilines is 3. The summed E-state index contributed by atoms with van der Waals surface area (Å²) in [6.07, 6.45) is 1.99. The molecule has 1 aliphatic heterocycles. The van der Waals surface area contributed by atoms with Crippen molar-refractivity contribution in [1.82, 2.24) is 25.3 Å². The van der Waals surface area contributed by atoms with Gasteiger partial charge in [0.2, 0.25) is 5.95 Å². The van der Waals surface area contributed by atoms with Crippen LogP contribution < -0.4 is 21.1 Å². The average Bonchev–Trinajstić information content (AvgIpc) is 3.20. The number of thioether (sulfide) groups is 1. The summed E-state index contributed by atoms with van der Waals surface area (Å²) < 4.78 is 0. The second-order valence-corrected chi connectivity index (χ2v) is 8.94. The van der Waals surface area contributed by atoms with Gasteiger partial charge in [-0.25, -0.2) is 9.97 Å². The quantitative estimate of drug-likeness (QED) is 0.327. The van der Waals surface area contributed by atoms with Gasteiger partial charge in [0.1, 0.15) is 11.6 Å². The molecule has 4 aromatic rings. The maximum absolute atomic E-state index is 12.3. The SMILES string of the molecule is CN(c1ccccc1)c1cc(/C=C2\SC(=O)NC2=O)nc(NCCc2nc3ccccc3c(=O)[nH]2)n1. The lowest BCUT2D eigenvalue weighted by Crippen LogP contribution is -2.18. The Morgan fingerprint density at radius 1 is 1.00 bits per heavy atom. The predicted octanol–water partition coefficient (Wildman–Crippen LogP) is 3.46. The number of rotatable bonds is 7. The normalized spacial score (nSPS) is 14.3. The Labute approximate surface area is 209 Å². The van der Waals surface area contributed by atoms with Crippen molar-refractivity contribution in [2.75, 3.05) is 23.8 Å². The molecule has 1 fully saturated rings. The summed E-state index contributed by atoms with van der Waals surface area (Å²) in [5.74, 6) is 1.02. The number of H-pyrrole nitrogens is 1. The van der Waals surface area contributed by atoms with Crippen LogP contribution in [0.2, 0.25) is 0 Å². The molecular formula is C25H21N7O3S. The zero-order valence-electron chi connectivity index (χ0n) is 19.2. The highest BCUT2D eigenvalue weighted by atomic mass is 32.2. The number of aromatic amines is 1. The first-order chi connectivity index (χ1) is 17.5. The molecule has 0 saturated carbocycles. The summed E-state index contributed by atoms with van der Waals surface area (Å²) >= 11 is 0.827. The van der Waals surface area contributed by atoms with Crippen LogP contribution in [0.1, 0.15) is 11.5 Å². The van der Waals surface area contributed by atoms with Crippen LogP contribution in [-0.4, -0.2) is 44.7 Å². The largest absolute Gasteiger partial charge is 0.354 e. The molecule has 11 heteroatoms. The summed E-state index contributed by atoms with van der Waals surface area (Å²) in [4.78, 5) is 54.6. The molecule has 36 heavy (non-hydrogen) atoms. The molecule has 3 N–H and O–H groups in total. The van der Waals surface area contributed by atoms with Crippen LogP contribution >= 0.6 is 11.8 Å². The topological polar surface area (TPSA) is 133 Å². The number of carbonyl (C=O) groups is 2. The van der Waals surface area contributed by atoms with Gasteiger partial charge in [-0.1, -0.05) is 30.3 Å². The number of nitrogens with zero attached hydrogens (tertiary/aromatic N) is 4. The van der Waals surface area contributed by atoms with Crippen LogP contribution in [0, 0.1) is 0 Å². The molecule has 3 heterocycles. The summed E-state index contributed by atoms with van der Waals surface area (Å²) in [6.45, 7) is 0.406. The summed E-state index contributed by atoms with van der Waals surface area (Å²) in [7, 11) is 1.88. The number of benzene rings is 2. The second kappa shape index (κ2) is 10.0. The van der Waals surface area contributed by atoms with Crippen molar-refractivity contribution < 1.29 is 9.59 Å². The molecular weight excluding hydrogens is 478 g/mol. The van der Waals surface area contributed by atoms with E-state index in [1.54, 1.807) is 30.3 Å². The van der Waals surface area contributed by atoms with Crippen molar-refractivity contribution in [3.8, 4) is 0 Å². The molecule has 2 aromatic heterocycles. The molecule has 1 aliphatic rings. The van der Waals surface area contributed by atoms with E-state index in [-0.39, 0.29) is 10.5 Å². The molecule has 10 nitrogen and oxygen atoms in total. The summed E-state index contributed by atoms with van der Waals surface area (Å²) in [5.41, 5.74) is 1.83. The third-order valence-corrected chi connectivity index (χ3v) is 6.26. The van der Waals surface area contributed by atoms with E-state index in [2.05, 4.69) is 30.6 Å². The fourth-order valence-electron chi connectivity index (χ4n) is 3.66. The molecule has 0 aliphatic carbocycles. The number of amides is 2. The number of para-hydroxylation sites is 2. The Kier molecular flexibility index (Phi) is 6.46. The van der Waals surface area contributed by atoms with E-state index in [1.165, 1.54) is 0 Å². The van der Waals surface area contributed by atoms with E-state index in [9.17, 15) is 14.4 Å². The molecule has 5 rings (SSSR count). The Morgan fingerprint density at radius 3 is 2.56 bits per heavy atom. The monoisotopic (exact) mass is 499 g/mol. The summed E-state index contributed by atoms with van der Waals surface area (Å²) in [5, 5.41) is 5.55. The third kappa shape index (κ3) is 5.10. The van der Waals surface area contributed by atoms with E-state index in [1.807, 2.05) is 48.3 Å². The van der Waals surface area contributed by atoms with E-state index in [4.69, 9.17) is 0 Å². The highest BCUT2D eigenvalue weighted by Gasteiger charge is 2.25. The van der Waals surface area contributed by atoms with Gasteiger partial charge < -0.3 is 15.2 Å². The molecule has 0 bridgehead atoms. The van der Waals surface area contributed by atoms with Crippen molar-refractivity contribution in [2.24, 2.45) is 0 Å². The van der Waals surface area contributed by atoms with Crippen molar-refractivity contribution in [3.63, 3.8) is 0 Å². The Bertz CT molecular complexity index is 1550. The Morgan fingerprint density at radius 2 is 1.78 bits per heavy atom. The molecule has 0 atom stereocenters. The minimum Gasteiger partial charge on any atom is -0.354 e. The number of carbonyl (C=O) groups excluding carboxylic acids is 2. The Balaban J connectivity index is 1.41. The van der Waals surface area contributed by atoms with E-state index in [0.717, 1.165) is 17.4 Å². The fraction of sp³-hybridized carbons (Fsp3) is 0.120. The first-order valence-corrected chi connectivity index (χ1v) is 11.9. The molecule has 1 saturated heterocycles. The number of nitrogens with one attached hydrogen (secondary N) is 3. The van der Waals surface area contributed by atoms with Gasteiger partial charge in [0, 0.05) is 31.8 Å². The number of aromatic nitrogens is 4. The van der Waals surface area contributed by atoms with Crippen LogP contribution in [0.25, 0.3) is 17.0 Å². The molecule has 0 spiro atoms. The van der Waals surface area contributed by atoms with E-state index in [0.29, 0.717) is 47.2 Å². The average molecular weight is 500 g/mol. The minimum absolute atomic E-state index is 0.186. The smallest absolute Gasteiger partial charge is 0.290 e. The number of hydrogen-bond acceptors (Lipinski definition) is 9. The lowest BCUT2D eigenvalue weighted by Gasteiger charge is -2.19. The van der Waals surface area contributed by atoms with Gasteiger partial charge in [-0.3, -0.25) is 19.7 Å². The van der Waals surface area contributed by atoms with Crippen molar-refractivity contribution in [1.29, 1.82) is 0 Å². The highest BCUT2D eigenvalue weighted by Crippen LogP contribution is 2.28. The second-order valence-electron chi connectivity index (χ2n) is 7.93. The first-order valence-electron chi connectivity index (χ1n) is 11.1. The molecule has 2 aromatic carbocycles. The molecule has 0 unspecified atom stereocenters. The number of fused-ring (bicyclic) bond motifs is 1. The van der Waals surface area contributed by atoms with Gasteiger partial charge in [-0.2, -0.15) is 4.98 Å². The maximum atomic E-state index is 12.3. The van der Waals surface area contributed by atoms with Gasteiger partial charge in [0.05, 0.1) is 21.5 Å². The number of imide groups is 1. The van der Waals surface area contributed by atoms with Gasteiger partial charge in [0.15, 0.2) is 0 Å². The fourth-order valence-corrected chi connectivity index (χ4v) is 4.33. The van der Waals surface area contributed by atoms with Crippen LogP contribution in [0.3, 0.4) is 0 Å². The number of hydrogen-bond donors (Lipinski definition) is 3. The van der Waals surface area contributed by atoms with Gasteiger partial charge in [-0.05, 0) is 42.1 Å². The van der Waals surface area contributed by atoms with Crippen molar-refractivity contribution >= 4 is 57.3 Å². The third-order valence-electron chi connectivity index (χ3n) is 5.45.